The molecule has 0 radical (unpaired) electrons. The van der Waals surface area contributed by atoms with Gasteiger partial charge in [-0.2, -0.15) is 0 Å². The maximum Gasteiger partial charge on any atom is 0.230 e. The number of hydrogen-bond donors (Lipinski definition) is 2. The van der Waals surface area contributed by atoms with Crippen LogP contribution in [0.1, 0.15) is 23.1 Å². The fraction of sp³-hybridized carbons (Fsp3) is 0.471. The van der Waals surface area contributed by atoms with Crippen LogP contribution < -0.4 is 11.2 Å². The van der Waals surface area contributed by atoms with Crippen molar-refractivity contribution >= 4 is 17.8 Å². The number of nitrogens with two attached hydrogens (primary N) is 1. The Morgan fingerprint density at radius 3 is 2.92 bits per heavy atom. The van der Waals surface area contributed by atoms with E-state index in [1.807, 2.05) is 12.1 Å². The van der Waals surface area contributed by atoms with Gasteiger partial charge in [0.15, 0.2) is 0 Å². The number of rotatable bonds is 8. The standard InChI is InChI=1S/C17H26N6O/c1-21(2)11-13-5-6-14-10-16(15(14)9-13)24-8-4-7-19-23-12-22(3)20-17(23)18/h5-6,9-10,19H,4,7-8,11-12H2,1-3H3,(H2,18,20). The topological polar surface area (TPSA) is 69.4 Å². The average Bonchev–Trinajstić information content (AvgIpc) is 2.82. The Morgan fingerprint density at radius 2 is 2.21 bits per heavy atom. The van der Waals surface area contributed by atoms with Gasteiger partial charge in [-0.05, 0) is 43.8 Å². The molecule has 1 aliphatic carbocycles. The maximum atomic E-state index is 5.89. The second-order valence-electron chi connectivity index (χ2n) is 6.46. The molecule has 7 nitrogen and oxygen atoms in total. The summed E-state index contributed by atoms with van der Waals surface area (Å²) in [7, 11) is 6.05. The van der Waals surface area contributed by atoms with E-state index in [1.165, 1.54) is 16.7 Å². The number of guanidine groups is 1. The smallest absolute Gasteiger partial charge is 0.230 e. The molecule has 0 atom stereocenters. The molecule has 3 rings (SSSR count). The van der Waals surface area contributed by atoms with Crippen molar-refractivity contribution in [3.8, 4) is 0 Å². The largest absolute Gasteiger partial charge is 0.493 e. The van der Waals surface area contributed by atoms with Crippen LogP contribution in [-0.4, -0.2) is 61.8 Å². The molecule has 0 saturated heterocycles. The van der Waals surface area contributed by atoms with Gasteiger partial charge in [0.1, 0.15) is 12.4 Å². The molecule has 2 aliphatic rings. The summed E-state index contributed by atoms with van der Waals surface area (Å²) in [5.41, 5.74) is 12.8. The van der Waals surface area contributed by atoms with E-state index in [1.54, 1.807) is 5.01 Å². The Morgan fingerprint density at radius 1 is 1.38 bits per heavy atom. The molecule has 1 aromatic carbocycles. The molecule has 0 saturated carbocycles. The van der Waals surface area contributed by atoms with Crippen LogP contribution in [0.5, 0.6) is 0 Å². The van der Waals surface area contributed by atoms with Crippen LogP contribution in [0.25, 0.3) is 11.8 Å². The van der Waals surface area contributed by atoms with Gasteiger partial charge in [0.25, 0.3) is 0 Å². The Bertz CT molecular complexity index is 654. The Balaban J connectivity index is 1.39. The van der Waals surface area contributed by atoms with Gasteiger partial charge in [0.2, 0.25) is 5.96 Å². The summed E-state index contributed by atoms with van der Waals surface area (Å²) >= 11 is 0. The lowest BCUT2D eigenvalue weighted by Crippen LogP contribution is -2.45. The second-order valence-corrected chi connectivity index (χ2v) is 6.46. The number of nitrogens with one attached hydrogen (secondary N) is 1. The monoisotopic (exact) mass is 330 g/mol. The van der Waals surface area contributed by atoms with Gasteiger partial charge in [-0.3, -0.25) is 10.0 Å². The summed E-state index contributed by atoms with van der Waals surface area (Å²) in [5.74, 6) is 1.50. The van der Waals surface area contributed by atoms with Gasteiger partial charge < -0.3 is 15.4 Å². The first-order valence-corrected chi connectivity index (χ1v) is 8.22. The molecule has 0 bridgehead atoms. The first-order valence-electron chi connectivity index (χ1n) is 8.22. The van der Waals surface area contributed by atoms with Crippen molar-refractivity contribution in [3.05, 3.63) is 34.9 Å². The fourth-order valence-electron chi connectivity index (χ4n) is 2.80. The summed E-state index contributed by atoms with van der Waals surface area (Å²) in [6.07, 6.45) is 3.00. The Labute approximate surface area is 143 Å². The van der Waals surface area contributed by atoms with Crippen molar-refractivity contribution in [1.29, 1.82) is 0 Å². The zero-order valence-corrected chi connectivity index (χ0v) is 14.6. The summed E-state index contributed by atoms with van der Waals surface area (Å²) < 4.78 is 5.89. The van der Waals surface area contributed by atoms with Gasteiger partial charge in [-0.25, -0.2) is 5.43 Å². The molecule has 1 aliphatic heterocycles. The highest BCUT2D eigenvalue weighted by atomic mass is 16.5. The summed E-state index contributed by atoms with van der Waals surface area (Å²) in [6.45, 7) is 3.08. The van der Waals surface area contributed by atoms with Crippen molar-refractivity contribution in [2.24, 2.45) is 10.8 Å². The van der Waals surface area contributed by atoms with E-state index in [2.05, 4.69) is 53.8 Å². The Kier molecular flexibility index (Phi) is 4.92. The minimum absolute atomic E-state index is 0.502. The summed E-state index contributed by atoms with van der Waals surface area (Å²) in [5, 5.41) is 7.75. The van der Waals surface area contributed by atoms with E-state index < -0.39 is 0 Å². The van der Waals surface area contributed by atoms with Crippen LogP contribution in [0.15, 0.2) is 23.3 Å². The third-order valence-corrected chi connectivity index (χ3v) is 3.95. The van der Waals surface area contributed by atoms with Crippen LogP contribution in [0, 0.1) is 0 Å². The summed E-state index contributed by atoms with van der Waals surface area (Å²) in [6, 6.07) is 6.56. The van der Waals surface area contributed by atoms with Gasteiger partial charge in [-0.1, -0.05) is 12.1 Å². The molecule has 7 heteroatoms. The molecule has 1 aromatic rings. The third-order valence-electron chi connectivity index (χ3n) is 3.95. The molecular weight excluding hydrogens is 304 g/mol. The number of hydrazone groups is 1. The minimum Gasteiger partial charge on any atom is -0.493 e. The molecule has 0 spiro atoms. The molecule has 3 N–H and O–H groups in total. The number of ether oxygens (including phenoxy) is 1. The van der Waals surface area contributed by atoms with E-state index in [4.69, 9.17) is 10.5 Å². The molecule has 130 valence electrons. The van der Waals surface area contributed by atoms with Gasteiger partial charge >= 0.3 is 0 Å². The van der Waals surface area contributed by atoms with E-state index in [9.17, 15) is 0 Å². The van der Waals surface area contributed by atoms with Crippen molar-refractivity contribution in [2.75, 3.05) is 41.0 Å². The Hall–Kier alpha value is -2.25. The maximum absolute atomic E-state index is 5.89. The van der Waals surface area contributed by atoms with E-state index in [0.717, 1.165) is 25.3 Å². The van der Waals surface area contributed by atoms with Crippen LogP contribution in [0.3, 0.4) is 0 Å². The molecule has 0 aromatic heterocycles. The zero-order chi connectivity index (χ0) is 17.1. The number of hydrazine groups is 1. The first kappa shape index (κ1) is 16.6. The van der Waals surface area contributed by atoms with Gasteiger partial charge in [0.05, 0.1) is 6.61 Å². The van der Waals surface area contributed by atoms with Gasteiger partial charge in [-0.15, -0.1) is 5.10 Å². The SMILES string of the molecule is CN(C)Cc1ccc2c(c1)C(OCCCNN1CN(C)N=C1N)=C2. The van der Waals surface area contributed by atoms with Crippen molar-refractivity contribution in [3.63, 3.8) is 0 Å². The lowest BCUT2D eigenvalue weighted by Gasteiger charge is -2.23. The summed E-state index contributed by atoms with van der Waals surface area (Å²) in [4.78, 5) is 2.17. The highest BCUT2D eigenvalue weighted by molar-refractivity contribution is 5.92. The molecule has 0 amide bonds. The van der Waals surface area contributed by atoms with Crippen LogP contribution in [0.4, 0.5) is 0 Å². The van der Waals surface area contributed by atoms with Crippen molar-refractivity contribution in [1.82, 2.24) is 20.3 Å². The second kappa shape index (κ2) is 7.11. The molecular formula is C17H26N6O. The van der Waals surface area contributed by atoms with Crippen molar-refractivity contribution < 1.29 is 4.74 Å². The normalized spacial score (nSPS) is 16.0. The lowest BCUT2D eigenvalue weighted by atomic mass is 9.93. The van der Waals surface area contributed by atoms with E-state index in [0.29, 0.717) is 19.2 Å². The molecule has 0 unspecified atom stereocenters. The molecule has 1 heterocycles. The quantitative estimate of drug-likeness (QED) is 0.691. The number of benzene rings is 1. The highest BCUT2D eigenvalue weighted by Crippen LogP contribution is 2.34. The van der Waals surface area contributed by atoms with E-state index >= 15 is 0 Å². The predicted octanol–water partition coefficient (Wildman–Crippen LogP) is 0.906. The first-order chi connectivity index (χ1) is 11.5. The van der Waals surface area contributed by atoms with E-state index in [-0.39, 0.29) is 0 Å². The predicted molar refractivity (Wildman–Crippen MR) is 96.4 cm³/mol. The average molecular weight is 330 g/mol. The molecule has 0 fully saturated rings. The van der Waals surface area contributed by atoms with Gasteiger partial charge in [0, 0.05) is 25.7 Å². The zero-order valence-electron chi connectivity index (χ0n) is 14.6. The fourth-order valence-corrected chi connectivity index (χ4v) is 2.80. The minimum atomic E-state index is 0.502. The van der Waals surface area contributed by atoms with Crippen LogP contribution in [-0.2, 0) is 11.3 Å². The number of hydrogen-bond acceptors (Lipinski definition) is 7. The van der Waals surface area contributed by atoms with Crippen LogP contribution in [0.2, 0.25) is 0 Å². The third kappa shape index (κ3) is 3.80. The van der Waals surface area contributed by atoms with Crippen LogP contribution >= 0.6 is 0 Å². The lowest BCUT2D eigenvalue weighted by molar-refractivity contribution is 0.207. The number of fused-ring (bicyclic) bond motifs is 1. The van der Waals surface area contributed by atoms with Crippen molar-refractivity contribution in [2.45, 2.75) is 13.0 Å². The number of nitrogens with zero attached hydrogens (tertiary/aromatic N) is 4. The molecule has 24 heavy (non-hydrogen) atoms. The highest BCUT2D eigenvalue weighted by Gasteiger charge is 2.19.